The third kappa shape index (κ3) is 5.35. The number of nitrogens with one attached hydrogen (secondary N) is 1. The smallest absolute Gasteiger partial charge is 0.336 e. The second-order valence-electron chi connectivity index (χ2n) is 9.40. The van der Waals surface area contributed by atoms with Crippen LogP contribution in [-0.4, -0.2) is 26.1 Å². The Labute approximate surface area is 250 Å². The molecule has 1 aliphatic heterocycles. The Hall–Kier alpha value is -5.00. The van der Waals surface area contributed by atoms with Crippen LogP contribution in [0.15, 0.2) is 124 Å². The molecule has 2 N–H and O–H groups in total. The highest BCUT2D eigenvalue weighted by atomic mass is 32.2. The van der Waals surface area contributed by atoms with Crippen LogP contribution in [0.3, 0.4) is 0 Å². The normalized spacial score (nSPS) is 16.3. The van der Waals surface area contributed by atoms with Gasteiger partial charge in [0.1, 0.15) is 17.6 Å². The first-order valence-electron chi connectivity index (χ1n) is 12.8. The number of rotatable bonds is 8. The van der Waals surface area contributed by atoms with Crippen molar-refractivity contribution in [3.63, 3.8) is 0 Å². The molecule has 0 amide bonds. The van der Waals surface area contributed by atoms with Crippen LogP contribution in [0.2, 0.25) is 0 Å². The molecule has 0 saturated carbocycles. The Bertz CT molecular complexity index is 1780. The molecule has 2 aromatic heterocycles. The van der Waals surface area contributed by atoms with Crippen molar-refractivity contribution in [2.75, 3.05) is 4.90 Å². The topological polar surface area (TPSA) is 122 Å². The van der Waals surface area contributed by atoms with Gasteiger partial charge in [-0.15, -0.1) is 0 Å². The molecule has 0 aliphatic carbocycles. The average Bonchev–Trinajstić information content (AvgIpc) is 3.63. The van der Waals surface area contributed by atoms with Crippen LogP contribution in [0.4, 0.5) is 11.4 Å². The van der Waals surface area contributed by atoms with E-state index >= 15 is 0 Å². The van der Waals surface area contributed by atoms with Crippen molar-refractivity contribution in [1.82, 2.24) is 10.3 Å². The molecule has 1 aliphatic rings. The van der Waals surface area contributed by atoms with E-state index in [0.29, 0.717) is 22.2 Å². The van der Waals surface area contributed by atoms with E-state index in [0.717, 1.165) is 21.2 Å². The van der Waals surface area contributed by atoms with Gasteiger partial charge in [0.25, 0.3) is 5.69 Å². The standard InChI is InChI=1S/C31H22N4O5S2/c36-30(37)24-6-2-1-5-23(24)26-16-17-27(40-26)29-28(25-7-3-4-18-32-25)33-31(41)34(29)19-8-12-21(13-9-19)42-22-14-10-20(11-15-22)35(38)39/h1-18,28-29H,(H,33,41)(H,36,37)/t28-,29-/m0/s1. The van der Waals surface area contributed by atoms with Crippen LogP contribution < -0.4 is 10.2 Å². The number of aromatic carboxylic acids is 1. The SMILES string of the molecule is O=C(O)c1ccccc1-c1ccc([C@H]2[C@H](c3ccccn3)NC(=S)N2c2ccc(Sc3ccc([N+](=O)[O-])cc3)cc2)o1. The summed E-state index contributed by atoms with van der Waals surface area (Å²) in [6, 6.07) is 29.5. The molecule has 9 nitrogen and oxygen atoms in total. The van der Waals surface area contributed by atoms with Gasteiger partial charge in [0.15, 0.2) is 5.11 Å². The number of carbonyl (C=O) groups is 1. The highest BCUT2D eigenvalue weighted by molar-refractivity contribution is 7.99. The minimum Gasteiger partial charge on any atom is -0.478 e. The van der Waals surface area contributed by atoms with Gasteiger partial charge < -0.3 is 19.7 Å². The lowest BCUT2D eigenvalue weighted by atomic mass is 10.0. The third-order valence-electron chi connectivity index (χ3n) is 6.84. The van der Waals surface area contributed by atoms with Crippen LogP contribution in [0.25, 0.3) is 11.3 Å². The van der Waals surface area contributed by atoms with Crippen molar-refractivity contribution in [2.45, 2.75) is 21.9 Å². The largest absolute Gasteiger partial charge is 0.478 e. The first-order chi connectivity index (χ1) is 20.4. The highest BCUT2D eigenvalue weighted by Gasteiger charge is 2.42. The molecule has 0 unspecified atom stereocenters. The van der Waals surface area contributed by atoms with Gasteiger partial charge in [-0.2, -0.15) is 0 Å². The molecule has 42 heavy (non-hydrogen) atoms. The number of pyridine rings is 1. The fourth-order valence-electron chi connectivity index (χ4n) is 4.91. The molecule has 11 heteroatoms. The number of thiocarbonyl (C=S) groups is 1. The lowest BCUT2D eigenvalue weighted by molar-refractivity contribution is -0.384. The molecule has 3 heterocycles. The molecular weight excluding hydrogens is 572 g/mol. The Morgan fingerprint density at radius 2 is 1.64 bits per heavy atom. The van der Waals surface area contributed by atoms with Crippen LogP contribution in [0.5, 0.6) is 0 Å². The summed E-state index contributed by atoms with van der Waals surface area (Å²) < 4.78 is 6.34. The zero-order chi connectivity index (χ0) is 29.2. The second-order valence-corrected chi connectivity index (χ2v) is 10.9. The van der Waals surface area contributed by atoms with Crippen LogP contribution in [-0.2, 0) is 0 Å². The van der Waals surface area contributed by atoms with Crippen LogP contribution >= 0.6 is 24.0 Å². The van der Waals surface area contributed by atoms with E-state index in [2.05, 4.69) is 10.3 Å². The number of carboxylic acids is 1. The van der Waals surface area contributed by atoms with E-state index in [-0.39, 0.29) is 17.3 Å². The summed E-state index contributed by atoms with van der Waals surface area (Å²) in [4.78, 5) is 30.8. The maximum atomic E-state index is 11.8. The number of carboxylic acid groups (broad SMARTS) is 1. The number of nitrogens with zero attached hydrogens (tertiary/aromatic N) is 3. The van der Waals surface area contributed by atoms with Crippen molar-refractivity contribution in [3.8, 4) is 11.3 Å². The minimum atomic E-state index is -1.04. The molecule has 0 radical (unpaired) electrons. The number of aromatic nitrogens is 1. The summed E-state index contributed by atoms with van der Waals surface area (Å²) in [5, 5.41) is 24.6. The molecule has 208 valence electrons. The maximum absolute atomic E-state index is 11.8. The molecule has 3 aromatic carbocycles. The Kier molecular flexibility index (Phi) is 7.43. The fraction of sp³-hybridized carbons (Fsp3) is 0.0645. The number of benzene rings is 3. The Balaban J connectivity index is 1.34. The average molecular weight is 595 g/mol. The fourth-order valence-corrected chi connectivity index (χ4v) is 6.07. The number of hydrogen-bond acceptors (Lipinski definition) is 7. The molecular formula is C31H22N4O5S2. The minimum absolute atomic E-state index is 0.0470. The first-order valence-corrected chi connectivity index (χ1v) is 14.1. The van der Waals surface area contributed by atoms with Gasteiger partial charge in [0, 0.05) is 39.4 Å². The second kappa shape index (κ2) is 11.5. The van der Waals surface area contributed by atoms with Crippen molar-refractivity contribution in [3.05, 3.63) is 136 Å². The summed E-state index contributed by atoms with van der Waals surface area (Å²) >= 11 is 7.30. The summed E-state index contributed by atoms with van der Waals surface area (Å²) in [5.74, 6) is -0.000142. The van der Waals surface area contributed by atoms with E-state index < -0.39 is 16.9 Å². The van der Waals surface area contributed by atoms with Gasteiger partial charge in [-0.05, 0) is 78.9 Å². The third-order valence-corrected chi connectivity index (χ3v) is 8.17. The summed E-state index contributed by atoms with van der Waals surface area (Å²) in [6.45, 7) is 0. The molecule has 2 atom stereocenters. The predicted octanol–water partition coefficient (Wildman–Crippen LogP) is 7.28. The molecule has 1 fully saturated rings. The van der Waals surface area contributed by atoms with Crippen LogP contribution in [0, 0.1) is 10.1 Å². The molecule has 5 aromatic rings. The quantitative estimate of drug-likeness (QED) is 0.108. The number of nitro benzene ring substituents is 1. The summed E-state index contributed by atoms with van der Waals surface area (Å²) in [7, 11) is 0. The van der Waals surface area contributed by atoms with Gasteiger partial charge in [0.2, 0.25) is 0 Å². The van der Waals surface area contributed by atoms with E-state index in [1.165, 1.54) is 23.9 Å². The van der Waals surface area contributed by atoms with E-state index in [1.54, 1.807) is 48.7 Å². The number of anilines is 1. The van der Waals surface area contributed by atoms with Gasteiger partial charge in [0.05, 0.1) is 22.2 Å². The molecule has 1 saturated heterocycles. The molecule has 0 spiro atoms. The van der Waals surface area contributed by atoms with Gasteiger partial charge in [-0.3, -0.25) is 15.1 Å². The van der Waals surface area contributed by atoms with Gasteiger partial charge >= 0.3 is 5.97 Å². The lowest BCUT2D eigenvalue weighted by Gasteiger charge is -2.26. The number of hydrogen-bond donors (Lipinski definition) is 2. The number of furan rings is 1. The highest BCUT2D eigenvalue weighted by Crippen LogP contribution is 2.43. The summed E-state index contributed by atoms with van der Waals surface area (Å²) in [5.41, 5.74) is 2.29. The number of non-ortho nitro benzene ring substituents is 1. The Morgan fingerprint density at radius 1 is 0.952 bits per heavy atom. The summed E-state index contributed by atoms with van der Waals surface area (Å²) in [6.07, 6.45) is 1.72. The predicted molar refractivity (Wildman–Crippen MR) is 163 cm³/mol. The maximum Gasteiger partial charge on any atom is 0.336 e. The van der Waals surface area contributed by atoms with Crippen molar-refractivity contribution in [2.24, 2.45) is 0 Å². The monoisotopic (exact) mass is 594 g/mol. The number of nitro groups is 1. The van der Waals surface area contributed by atoms with Gasteiger partial charge in [-0.25, -0.2) is 4.79 Å². The Morgan fingerprint density at radius 3 is 2.31 bits per heavy atom. The first kappa shape index (κ1) is 27.2. The zero-order valence-electron chi connectivity index (χ0n) is 21.8. The van der Waals surface area contributed by atoms with Crippen molar-refractivity contribution >= 4 is 46.4 Å². The van der Waals surface area contributed by atoms with Gasteiger partial charge in [-0.1, -0.05) is 36.0 Å². The van der Waals surface area contributed by atoms with Crippen molar-refractivity contribution < 1.29 is 19.2 Å². The zero-order valence-corrected chi connectivity index (χ0v) is 23.4. The molecule has 6 rings (SSSR count). The van der Waals surface area contributed by atoms with E-state index in [1.807, 2.05) is 53.4 Å². The van der Waals surface area contributed by atoms with Crippen LogP contribution in [0.1, 0.15) is 33.9 Å². The van der Waals surface area contributed by atoms with Crippen molar-refractivity contribution in [1.29, 1.82) is 0 Å². The molecule has 0 bridgehead atoms. The van der Waals surface area contributed by atoms with E-state index in [4.69, 9.17) is 16.6 Å². The van der Waals surface area contributed by atoms with E-state index in [9.17, 15) is 20.0 Å². The lowest BCUT2D eigenvalue weighted by Crippen LogP contribution is -2.29.